The summed E-state index contributed by atoms with van der Waals surface area (Å²) in [6.45, 7) is 14.9. The van der Waals surface area contributed by atoms with Crippen LogP contribution in [0.2, 0.25) is 0 Å². The van der Waals surface area contributed by atoms with E-state index in [0.717, 1.165) is 6.92 Å². The number of alkyl carbamates (subject to hydrolysis) is 1. The van der Waals surface area contributed by atoms with Gasteiger partial charge in [-0.3, -0.25) is 19.2 Å². The van der Waals surface area contributed by atoms with E-state index >= 15 is 4.79 Å². The standard InChI is InChI=1S/C49H61NO16/c1-11-33(52)62-31-23-32-48(25-60-32,65-27(4)51)39-41(64-42(56)29-21-17-14-18-22-29)49(59)24-30(26(3)35(46(49,8)9)38(63-34(53)12-2)40(55)47(31,39)10)61-43(57)37(54)36(28-19-15-13-16-20-28)50-44(58)66-45(5,6)7/h13-22,30-32,36-39,41,54,59H,11-12,23-25H2,1-10H3,(H,50,58)/t30-,31-,32+,36-,37+,38+,39?,41?,47+,48-,49+/m0/s1. The van der Waals surface area contributed by atoms with Gasteiger partial charge in [0.2, 0.25) is 0 Å². The van der Waals surface area contributed by atoms with Crippen molar-refractivity contribution in [1.29, 1.82) is 0 Å². The van der Waals surface area contributed by atoms with E-state index in [1.807, 2.05) is 0 Å². The fraction of sp³-hybridized carbons (Fsp3) is 0.571. The highest BCUT2D eigenvalue weighted by Gasteiger charge is 2.79. The zero-order valence-electron chi connectivity index (χ0n) is 39.0. The number of rotatable bonds is 12. The van der Waals surface area contributed by atoms with E-state index in [9.17, 15) is 39.0 Å². The molecule has 2 unspecified atom stereocenters. The van der Waals surface area contributed by atoms with Gasteiger partial charge in [0.15, 0.2) is 23.6 Å². The number of aliphatic hydroxyl groups is 2. The number of amides is 1. The fourth-order valence-electron chi connectivity index (χ4n) is 10.2. The molecule has 2 saturated carbocycles. The Labute approximate surface area is 383 Å². The van der Waals surface area contributed by atoms with E-state index in [4.69, 9.17) is 33.2 Å². The van der Waals surface area contributed by atoms with Crippen LogP contribution in [0.5, 0.6) is 0 Å². The predicted octanol–water partition coefficient (Wildman–Crippen LogP) is 5.18. The summed E-state index contributed by atoms with van der Waals surface area (Å²) in [7, 11) is 0. The Balaban J connectivity index is 1.59. The number of ketones is 1. The third kappa shape index (κ3) is 8.96. The molecule has 66 heavy (non-hydrogen) atoms. The van der Waals surface area contributed by atoms with E-state index in [2.05, 4.69) is 5.32 Å². The zero-order valence-corrected chi connectivity index (χ0v) is 39.0. The molecule has 358 valence electrons. The molecule has 0 radical (unpaired) electrons. The third-order valence-corrected chi connectivity index (χ3v) is 13.6. The molecule has 3 fully saturated rings. The lowest BCUT2D eigenvalue weighted by Gasteiger charge is -2.67. The normalized spacial score (nSPS) is 30.8. The number of esters is 5. The van der Waals surface area contributed by atoms with Gasteiger partial charge in [0.05, 0.1) is 29.5 Å². The van der Waals surface area contributed by atoms with Crippen molar-refractivity contribution in [3.63, 3.8) is 0 Å². The summed E-state index contributed by atoms with van der Waals surface area (Å²) in [5, 5.41) is 28.2. The lowest BCUT2D eigenvalue weighted by Crippen LogP contribution is -2.82. The number of aliphatic hydroxyl groups excluding tert-OH is 1. The molecule has 3 N–H and O–H groups in total. The molecule has 1 aliphatic heterocycles. The maximum Gasteiger partial charge on any atom is 0.408 e. The highest BCUT2D eigenvalue weighted by molar-refractivity contribution is 5.96. The van der Waals surface area contributed by atoms with Crippen molar-refractivity contribution in [1.82, 2.24) is 5.32 Å². The van der Waals surface area contributed by atoms with Gasteiger partial charge in [0.1, 0.15) is 35.6 Å². The van der Waals surface area contributed by atoms with Crippen LogP contribution in [0.1, 0.15) is 117 Å². The molecule has 3 aliphatic carbocycles. The molecule has 1 saturated heterocycles. The lowest BCUT2D eigenvalue weighted by molar-refractivity contribution is -0.346. The first kappa shape index (κ1) is 49.8. The largest absolute Gasteiger partial charge is 0.461 e. The number of ether oxygens (including phenoxy) is 7. The predicted molar refractivity (Wildman–Crippen MR) is 232 cm³/mol. The highest BCUT2D eigenvalue weighted by atomic mass is 16.6. The number of carbonyl (C=O) groups excluding carboxylic acids is 7. The summed E-state index contributed by atoms with van der Waals surface area (Å²) in [4.78, 5) is 98.0. The molecule has 2 bridgehead atoms. The highest BCUT2D eigenvalue weighted by Crippen LogP contribution is 2.65. The minimum Gasteiger partial charge on any atom is -0.461 e. The number of carbonyl (C=O) groups is 7. The number of Topliss-reactive ketones (excluding diaryl/α,β-unsaturated/α-hetero) is 1. The number of hydrogen-bond acceptors (Lipinski definition) is 16. The number of benzene rings is 2. The zero-order chi connectivity index (χ0) is 48.7. The van der Waals surface area contributed by atoms with Crippen LogP contribution in [0.25, 0.3) is 0 Å². The van der Waals surface area contributed by atoms with E-state index in [0.29, 0.717) is 5.56 Å². The first-order valence-electron chi connectivity index (χ1n) is 22.2. The second-order valence-corrected chi connectivity index (χ2v) is 19.2. The smallest absolute Gasteiger partial charge is 0.408 e. The van der Waals surface area contributed by atoms with E-state index < -0.39 is 124 Å². The molecule has 6 rings (SSSR count). The first-order valence-corrected chi connectivity index (χ1v) is 22.2. The molecule has 17 heteroatoms. The summed E-state index contributed by atoms with van der Waals surface area (Å²) in [6, 6.07) is 14.5. The van der Waals surface area contributed by atoms with Crippen molar-refractivity contribution < 1.29 is 76.9 Å². The van der Waals surface area contributed by atoms with Gasteiger partial charge in [-0.15, -0.1) is 0 Å². The van der Waals surface area contributed by atoms with E-state index in [1.165, 1.54) is 32.9 Å². The molecule has 11 atom stereocenters. The van der Waals surface area contributed by atoms with Crippen molar-refractivity contribution in [3.05, 3.63) is 82.9 Å². The Bertz CT molecular complexity index is 2250. The Morgan fingerprint density at radius 1 is 0.879 bits per heavy atom. The van der Waals surface area contributed by atoms with Crippen molar-refractivity contribution in [2.45, 2.75) is 154 Å². The van der Waals surface area contributed by atoms with Crippen LogP contribution in [0, 0.1) is 16.7 Å². The molecule has 0 spiro atoms. The Kier molecular flexibility index (Phi) is 14.0. The fourth-order valence-corrected chi connectivity index (χ4v) is 10.2. The summed E-state index contributed by atoms with van der Waals surface area (Å²) in [5.74, 6) is -6.99. The first-order chi connectivity index (χ1) is 30.9. The Morgan fingerprint density at radius 3 is 2.02 bits per heavy atom. The number of hydrogen-bond donors (Lipinski definition) is 3. The molecular weight excluding hydrogens is 859 g/mol. The van der Waals surface area contributed by atoms with Gasteiger partial charge in [-0.1, -0.05) is 76.2 Å². The summed E-state index contributed by atoms with van der Waals surface area (Å²) >= 11 is 0. The van der Waals surface area contributed by atoms with Crippen LogP contribution in [-0.4, -0.2) is 112 Å². The lowest BCUT2D eigenvalue weighted by atomic mass is 9.44. The molecule has 17 nitrogen and oxygen atoms in total. The van der Waals surface area contributed by atoms with Crippen molar-refractivity contribution in [2.24, 2.45) is 16.7 Å². The second kappa shape index (κ2) is 18.6. The Morgan fingerprint density at radius 2 is 1.47 bits per heavy atom. The van der Waals surface area contributed by atoms with Crippen LogP contribution in [0.3, 0.4) is 0 Å². The molecule has 0 aromatic heterocycles. The van der Waals surface area contributed by atoms with Crippen molar-refractivity contribution >= 4 is 41.7 Å². The summed E-state index contributed by atoms with van der Waals surface area (Å²) < 4.78 is 42.4. The van der Waals surface area contributed by atoms with Gasteiger partial charge in [0.25, 0.3) is 0 Å². The van der Waals surface area contributed by atoms with Gasteiger partial charge in [-0.25, -0.2) is 14.4 Å². The molecule has 2 aromatic rings. The summed E-state index contributed by atoms with van der Waals surface area (Å²) in [5.41, 5.74) is -8.49. The summed E-state index contributed by atoms with van der Waals surface area (Å²) in [6.07, 6.45) is -11.8. The van der Waals surface area contributed by atoms with Crippen LogP contribution in [0.15, 0.2) is 71.8 Å². The topological polar surface area (TPSA) is 237 Å². The average Bonchev–Trinajstić information content (AvgIpc) is 3.25. The molecule has 2 aromatic carbocycles. The molecule has 1 heterocycles. The number of fused-ring (bicyclic) bond motifs is 5. The van der Waals surface area contributed by atoms with Crippen LogP contribution in [0.4, 0.5) is 4.79 Å². The molecule has 1 amide bonds. The molecular formula is C49H61NO16. The van der Waals surface area contributed by atoms with Gasteiger partial charge < -0.3 is 48.7 Å². The van der Waals surface area contributed by atoms with Crippen molar-refractivity contribution in [2.75, 3.05) is 6.61 Å². The third-order valence-electron chi connectivity index (χ3n) is 13.6. The minimum atomic E-state index is -2.44. The van der Waals surface area contributed by atoms with Crippen molar-refractivity contribution in [3.8, 4) is 0 Å². The van der Waals surface area contributed by atoms with E-state index in [1.54, 1.807) is 90.1 Å². The SMILES string of the molecule is CCC(=O)O[C@H]1C(=O)[C@@]2(C)C(C(OC(=O)c3ccccc3)[C@]3(O)C[C@H](OC(=O)[C@H](O)[C@@H](NC(=O)OC(C)(C)C)c4ccccc4)C(C)=C1C3(C)C)[C@]1(OC(C)=O)CO[C@@H]1C[C@@H]2OC(=O)CC. The van der Waals surface area contributed by atoms with Gasteiger partial charge in [-0.05, 0) is 63.5 Å². The Hall–Kier alpha value is -5.65. The number of nitrogens with one attached hydrogen (secondary N) is 1. The molecule has 4 aliphatic rings. The minimum absolute atomic E-state index is 0.0173. The van der Waals surface area contributed by atoms with Gasteiger partial charge in [-0.2, -0.15) is 0 Å². The maximum atomic E-state index is 16.0. The quantitative estimate of drug-likeness (QED) is 0.141. The van der Waals surface area contributed by atoms with Gasteiger partial charge in [0, 0.05) is 38.0 Å². The van der Waals surface area contributed by atoms with Crippen LogP contribution >= 0.6 is 0 Å². The van der Waals surface area contributed by atoms with Crippen LogP contribution in [-0.2, 0) is 57.1 Å². The average molecular weight is 920 g/mol. The second-order valence-electron chi connectivity index (χ2n) is 19.2. The van der Waals surface area contributed by atoms with E-state index in [-0.39, 0.29) is 42.6 Å². The van der Waals surface area contributed by atoms with Gasteiger partial charge >= 0.3 is 35.9 Å². The van der Waals surface area contributed by atoms with Crippen LogP contribution < -0.4 is 5.32 Å². The monoisotopic (exact) mass is 919 g/mol. The maximum absolute atomic E-state index is 16.0.